The van der Waals surface area contributed by atoms with Gasteiger partial charge in [-0.25, -0.2) is 0 Å². The van der Waals surface area contributed by atoms with E-state index in [4.69, 9.17) is 0 Å². The summed E-state index contributed by atoms with van der Waals surface area (Å²) in [6.07, 6.45) is 5.01. The minimum Gasteiger partial charge on any atom is -0.389 e. The first-order valence-electron chi connectivity index (χ1n) is 4.72. The van der Waals surface area contributed by atoms with Gasteiger partial charge in [0.1, 0.15) is 0 Å². The fourth-order valence-corrected chi connectivity index (χ4v) is 1.86. The van der Waals surface area contributed by atoms with Gasteiger partial charge in [0, 0.05) is 19.8 Å². The molecule has 0 spiro atoms. The predicted octanol–water partition coefficient (Wildman–Crippen LogP) is 1.61. The first-order chi connectivity index (χ1) is 5.65. The summed E-state index contributed by atoms with van der Waals surface area (Å²) in [7, 11) is 4.10. The second-order valence-corrected chi connectivity index (χ2v) is 3.74. The van der Waals surface area contributed by atoms with Crippen LogP contribution in [-0.4, -0.2) is 30.2 Å². The molecule has 1 aliphatic carbocycles. The average molecular weight is 169 g/mol. The highest BCUT2D eigenvalue weighted by molar-refractivity contribution is 5.10. The van der Waals surface area contributed by atoms with E-state index in [1.165, 1.54) is 12.1 Å². The van der Waals surface area contributed by atoms with Gasteiger partial charge in [-0.1, -0.05) is 6.92 Å². The molecule has 0 saturated heterocycles. The van der Waals surface area contributed by atoms with Crippen LogP contribution in [0, 0.1) is 5.92 Å². The van der Waals surface area contributed by atoms with Crippen molar-refractivity contribution >= 4 is 0 Å². The lowest BCUT2D eigenvalue weighted by molar-refractivity contribution is 0.179. The number of hydrogen-bond acceptors (Lipinski definition) is 2. The molecule has 2 heteroatoms. The number of rotatable bonds is 2. The molecular weight excluding hydrogens is 150 g/mol. The van der Waals surface area contributed by atoms with Crippen LogP contribution in [0.3, 0.4) is 0 Å². The highest BCUT2D eigenvalue weighted by Crippen LogP contribution is 2.28. The molecule has 0 fully saturated rings. The van der Waals surface area contributed by atoms with E-state index >= 15 is 0 Å². The Morgan fingerprint density at radius 2 is 2.17 bits per heavy atom. The van der Waals surface area contributed by atoms with Crippen LogP contribution in [0.2, 0.25) is 0 Å². The van der Waals surface area contributed by atoms with Gasteiger partial charge >= 0.3 is 0 Å². The van der Waals surface area contributed by atoms with Crippen molar-refractivity contribution in [1.29, 1.82) is 0 Å². The summed E-state index contributed by atoms with van der Waals surface area (Å²) in [5.74, 6) is 0.656. The maximum Gasteiger partial charge on any atom is 0.0740 e. The van der Waals surface area contributed by atoms with Crippen LogP contribution in [0.1, 0.15) is 26.2 Å². The topological polar surface area (TPSA) is 23.5 Å². The van der Waals surface area contributed by atoms with Gasteiger partial charge in [-0.2, -0.15) is 0 Å². The molecule has 0 bridgehead atoms. The summed E-state index contributed by atoms with van der Waals surface area (Å²) in [5, 5.41) is 9.44. The smallest absolute Gasteiger partial charge is 0.0740 e. The van der Waals surface area contributed by atoms with Crippen LogP contribution in [0.25, 0.3) is 0 Å². The van der Waals surface area contributed by atoms with Crippen molar-refractivity contribution in [1.82, 2.24) is 4.90 Å². The molecule has 0 amide bonds. The van der Waals surface area contributed by atoms with Crippen molar-refractivity contribution in [3.8, 4) is 0 Å². The molecular formula is C10H19NO. The van der Waals surface area contributed by atoms with Crippen molar-refractivity contribution in [3.05, 3.63) is 11.8 Å². The molecule has 0 saturated carbocycles. The van der Waals surface area contributed by atoms with E-state index in [9.17, 15) is 5.11 Å². The normalized spacial score (nSPS) is 29.8. The molecule has 2 atom stereocenters. The summed E-state index contributed by atoms with van der Waals surface area (Å²) >= 11 is 0. The fourth-order valence-electron chi connectivity index (χ4n) is 1.86. The second kappa shape index (κ2) is 3.94. The Labute approximate surface area is 74.9 Å². The Balaban J connectivity index is 2.73. The van der Waals surface area contributed by atoms with E-state index < -0.39 is 0 Å². The molecule has 70 valence electrons. The first-order valence-corrected chi connectivity index (χ1v) is 4.72. The number of aliphatic hydroxyl groups is 1. The summed E-state index contributed by atoms with van der Waals surface area (Å²) in [4.78, 5) is 2.12. The molecule has 1 N–H and O–H groups in total. The molecule has 12 heavy (non-hydrogen) atoms. The largest absolute Gasteiger partial charge is 0.389 e. The molecule has 1 rings (SSSR count). The molecule has 0 radical (unpaired) electrons. The number of aliphatic hydroxyl groups excluding tert-OH is 1. The van der Waals surface area contributed by atoms with Crippen LogP contribution in [0.15, 0.2) is 11.8 Å². The first kappa shape index (κ1) is 9.59. The van der Waals surface area contributed by atoms with Crippen LogP contribution in [0.5, 0.6) is 0 Å². The van der Waals surface area contributed by atoms with Crippen molar-refractivity contribution in [2.75, 3.05) is 14.1 Å². The quantitative estimate of drug-likeness (QED) is 0.679. The zero-order valence-electron chi connectivity index (χ0n) is 8.25. The Morgan fingerprint density at radius 3 is 2.67 bits per heavy atom. The highest BCUT2D eigenvalue weighted by atomic mass is 16.3. The summed E-state index contributed by atoms with van der Waals surface area (Å²) in [5.41, 5.74) is 1.30. The third-order valence-electron chi connectivity index (χ3n) is 2.60. The SMILES string of the molecule is CCC1CCC(O)C=C1N(C)C. The Bertz CT molecular complexity index is 175. The molecule has 0 aromatic carbocycles. The molecule has 0 aromatic heterocycles. The third kappa shape index (κ3) is 2.01. The van der Waals surface area contributed by atoms with Gasteiger partial charge < -0.3 is 10.0 Å². The Morgan fingerprint density at radius 1 is 1.50 bits per heavy atom. The molecule has 2 unspecified atom stereocenters. The number of allylic oxidation sites excluding steroid dienone is 1. The number of nitrogens with zero attached hydrogens (tertiary/aromatic N) is 1. The number of hydrogen-bond donors (Lipinski definition) is 1. The van der Waals surface area contributed by atoms with Gasteiger partial charge in [-0.15, -0.1) is 0 Å². The van der Waals surface area contributed by atoms with Gasteiger partial charge in [0.25, 0.3) is 0 Å². The van der Waals surface area contributed by atoms with Gasteiger partial charge in [-0.3, -0.25) is 0 Å². The van der Waals surface area contributed by atoms with Crippen molar-refractivity contribution < 1.29 is 5.11 Å². The lowest BCUT2D eigenvalue weighted by Gasteiger charge is -2.30. The zero-order valence-corrected chi connectivity index (χ0v) is 8.25. The highest BCUT2D eigenvalue weighted by Gasteiger charge is 2.21. The predicted molar refractivity (Wildman–Crippen MR) is 50.8 cm³/mol. The minimum absolute atomic E-state index is 0.217. The van der Waals surface area contributed by atoms with E-state index in [-0.39, 0.29) is 6.10 Å². The maximum absolute atomic E-state index is 9.44. The van der Waals surface area contributed by atoms with E-state index in [0.29, 0.717) is 5.92 Å². The molecule has 2 nitrogen and oxygen atoms in total. The van der Waals surface area contributed by atoms with Crippen LogP contribution >= 0.6 is 0 Å². The minimum atomic E-state index is -0.217. The van der Waals surface area contributed by atoms with E-state index in [0.717, 1.165) is 12.8 Å². The lowest BCUT2D eigenvalue weighted by atomic mass is 9.88. The Hall–Kier alpha value is -0.500. The van der Waals surface area contributed by atoms with Gasteiger partial charge in [-0.05, 0) is 31.3 Å². The van der Waals surface area contributed by atoms with Crippen LogP contribution in [-0.2, 0) is 0 Å². The summed E-state index contributed by atoms with van der Waals surface area (Å²) in [6, 6.07) is 0. The monoisotopic (exact) mass is 169 g/mol. The van der Waals surface area contributed by atoms with Crippen LogP contribution < -0.4 is 0 Å². The van der Waals surface area contributed by atoms with Crippen molar-refractivity contribution in [2.24, 2.45) is 5.92 Å². The average Bonchev–Trinajstić information content (AvgIpc) is 2.04. The van der Waals surface area contributed by atoms with Crippen molar-refractivity contribution in [2.45, 2.75) is 32.3 Å². The lowest BCUT2D eigenvalue weighted by Crippen LogP contribution is -2.25. The summed E-state index contributed by atoms with van der Waals surface area (Å²) < 4.78 is 0. The Kier molecular flexibility index (Phi) is 3.15. The maximum atomic E-state index is 9.44. The fraction of sp³-hybridized carbons (Fsp3) is 0.800. The molecule has 1 aliphatic rings. The molecule has 0 heterocycles. The summed E-state index contributed by atoms with van der Waals surface area (Å²) in [6.45, 7) is 2.21. The van der Waals surface area contributed by atoms with E-state index in [1.54, 1.807) is 0 Å². The molecule has 0 aromatic rings. The van der Waals surface area contributed by atoms with E-state index in [1.807, 2.05) is 20.2 Å². The van der Waals surface area contributed by atoms with E-state index in [2.05, 4.69) is 11.8 Å². The standard InChI is InChI=1S/C10H19NO/c1-4-8-5-6-9(12)7-10(8)11(2)3/h7-9,12H,4-6H2,1-3H3. The van der Waals surface area contributed by atoms with Gasteiger partial charge in [0.05, 0.1) is 6.10 Å². The van der Waals surface area contributed by atoms with Crippen molar-refractivity contribution in [3.63, 3.8) is 0 Å². The van der Waals surface area contributed by atoms with Crippen LogP contribution in [0.4, 0.5) is 0 Å². The van der Waals surface area contributed by atoms with Gasteiger partial charge in [0.2, 0.25) is 0 Å². The second-order valence-electron chi connectivity index (χ2n) is 3.74. The third-order valence-corrected chi connectivity index (χ3v) is 2.60. The zero-order chi connectivity index (χ0) is 9.14. The molecule has 0 aliphatic heterocycles. The van der Waals surface area contributed by atoms with Gasteiger partial charge in [0.15, 0.2) is 0 Å².